The minimum absolute atomic E-state index is 0.0716. The van der Waals surface area contributed by atoms with E-state index in [0.717, 1.165) is 23.7 Å². The predicted molar refractivity (Wildman–Crippen MR) is 79.2 cm³/mol. The Balaban J connectivity index is 1.74. The van der Waals surface area contributed by atoms with E-state index in [9.17, 15) is 9.59 Å². The zero-order valence-corrected chi connectivity index (χ0v) is 12.0. The summed E-state index contributed by atoms with van der Waals surface area (Å²) in [5.74, 6) is -1.19. The lowest BCUT2D eigenvalue weighted by Gasteiger charge is -2.14. The van der Waals surface area contributed by atoms with Gasteiger partial charge in [-0.2, -0.15) is 0 Å². The largest absolute Gasteiger partial charge is 0.480 e. The van der Waals surface area contributed by atoms with Crippen LogP contribution in [0.15, 0.2) is 30.5 Å². The third-order valence-corrected chi connectivity index (χ3v) is 3.96. The van der Waals surface area contributed by atoms with Crippen LogP contribution in [0.1, 0.15) is 12.8 Å². The minimum atomic E-state index is -0.966. The Labute approximate surface area is 126 Å². The number of carbonyl (C=O) groups excluding carboxylic acids is 1. The van der Waals surface area contributed by atoms with E-state index in [2.05, 4.69) is 5.32 Å². The van der Waals surface area contributed by atoms with Crippen molar-refractivity contribution in [1.29, 1.82) is 0 Å². The number of carboxylic acids is 1. The van der Waals surface area contributed by atoms with Crippen molar-refractivity contribution >= 4 is 34.4 Å². The molecular formula is C15H15ClN2O3. The van der Waals surface area contributed by atoms with Gasteiger partial charge in [0.25, 0.3) is 0 Å². The molecule has 21 heavy (non-hydrogen) atoms. The van der Waals surface area contributed by atoms with Gasteiger partial charge in [0, 0.05) is 16.7 Å². The molecule has 2 aromatic rings. The highest BCUT2D eigenvalue weighted by molar-refractivity contribution is 6.31. The highest BCUT2D eigenvalue weighted by Gasteiger charge is 2.37. The van der Waals surface area contributed by atoms with Crippen molar-refractivity contribution < 1.29 is 14.7 Å². The third-order valence-electron chi connectivity index (χ3n) is 3.73. The van der Waals surface area contributed by atoms with Crippen molar-refractivity contribution in [3.8, 4) is 0 Å². The molecule has 0 aliphatic heterocycles. The SMILES string of the molecule is O=C(Cn1ccc2ccc(Cl)cc21)NC(C(=O)O)C1CC1. The fraction of sp³-hybridized carbons (Fsp3) is 0.333. The lowest BCUT2D eigenvalue weighted by atomic mass is 10.2. The molecule has 1 aromatic carbocycles. The highest BCUT2D eigenvalue weighted by atomic mass is 35.5. The van der Waals surface area contributed by atoms with Gasteiger partial charge >= 0.3 is 5.97 Å². The van der Waals surface area contributed by atoms with Crippen molar-refractivity contribution in [3.05, 3.63) is 35.5 Å². The fourth-order valence-corrected chi connectivity index (χ4v) is 2.65. The van der Waals surface area contributed by atoms with E-state index >= 15 is 0 Å². The molecule has 0 radical (unpaired) electrons. The maximum absolute atomic E-state index is 12.1. The molecule has 0 bridgehead atoms. The van der Waals surface area contributed by atoms with Crippen LogP contribution in [0, 0.1) is 5.92 Å². The quantitative estimate of drug-likeness (QED) is 0.890. The maximum atomic E-state index is 12.1. The summed E-state index contributed by atoms with van der Waals surface area (Å²) in [5, 5.41) is 13.3. The average molecular weight is 307 g/mol. The first-order chi connectivity index (χ1) is 10.0. The number of hydrogen-bond donors (Lipinski definition) is 2. The Bertz CT molecular complexity index is 706. The first-order valence-electron chi connectivity index (χ1n) is 6.81. The van der Waals surface area contributed by atoms with Crippen molar-refractivity contribution in [2.75, 3.05) is 0 Å². The molecule has 1 aliphatic rings. The third kappa shape index (κ3) is 3.03. The number of rotatable bonds is 5. The second-order valence-corrected chi connectivity index (χ2v) is 5.80. The lowest BCUT2D eigenvalue weighted by Crippen LogP contribution is -2.43. The molecule has 1 aromatic heterocycles. The summed E-state index contributed by atoms with van der Waals surface area (Å²) in [6.07, 6.45) is 3.52. The van der Waals surface area contributed by atoms with Gasteiger partial charge in [-0.05, 0) is 42.3 Å². The molecule has 5 nitrogen and oxygen atoms in total. The molecule has 1 amide bonds. The topological polar surface area (TPSA) is 71.3 Å². The molecule has 1 heterocycles. The lowest BCUT2D eigenvalue weighted by molar-refractivity contribution is -0.142. The Kier molecular flexibility index (Phi) is 3.59. The van der Waals surface area contributed by atoms with Gasteiger partial charge in [-0.1, -0.05) is 17.7 Å². The van der Waals surface area contributed by atoms with Crippen LogP contribution in [0.3, 0.4) is 0 Å². The molecule has 0 saturated heterocycles. The number of nitrogens with zero attached hydrogens (tertiary/aromatic N) is 1. The zero-order chi connectivity index (χ0) is 15.0. The molecule has 6 heteroatoms. The van der Waals surface area contributed by atoms with Gasteiger partial charge in [0.15, 0.2) is 0 Å². The number of aliphatic carboxylic acids is 1. The Morgan fingerprint density at radius 1 is 1.38 bits per heavy atom. The van der Waals surface area contributed by atoms with Gasteiger partial charge in [0.1, 0.15) is 12.6 Å². The number of hydrogen-bond acceptors (Lipinski definition) is 2. The van der Waals surface area contributed by atoms with Crippen molar-refractivity contribution in [3.63, 3.8) is 0 Å². The van der Waals surface area contributed by atoms with Crippen molar-refractivity contribution in [2.24, 2.45) is 5.92 Å². The molecule has 1 saturated carbocycles. The molecule has 3 rings (SSSR count). The van der Waals surface area contributed by atoms with Gasteiger partial charge in [-0.15, -0.1) is 0 Å². The van der Waals surface area contributed by atoms with Crippen LogP contribution >= 0.6 is 11.6 Å². The number of carbonyl (C=O) groups is 2. The van der Waals surface area contributed by atoms with Crippen LogP contribution < -0.4 is 5.32 Å². The van der Waals surface area contributed by atoms with E-state index in [1.54, 1.807) is 22.9 Å². The van der Waals surface area contributed by atoms with Crippen LogP contribution in [-0.4, -0.2) is 27.6 Å². The van der Waals surface area contributed by atoms with Gasteiger partial charge in [-0.3, -0.25) is 4.79 Å². The Morgan fingerprint density at radius 2 is 2.14 bits per heavy atom. The van der Waals surface area contributed by atoms with Crippen LogP contribution in [0.5, 0.6) is 0 Å². The summed E-state index contributed by atoms with van der Waals surface area (Å²) >= 11 is 5.97. The number of benzene rings is 1. The van der Waals surface area contributed by atoms with E-state index in [4.69, 9.17) is 16.7 Å². The monoisotopic (exact) mass is 306 g/mol. The molecular weight excluding hydrogens is 292 g/mol. The van der Waals surface area contributed by atoms with E-state index < -0.39 is 12.0 Å². The predicted octanol–water partition coefficient (Wildman–Crippen LogP) is 2.27. The number of nitrogens with one attached hydrogen (secondary N) is 1. The highest BCUT2D eigenvalue weighted by Crippen LogP contribution is 2.32. The van der Waals surface area contributed by atoms with Crippen LogP contribution in [0.25, 0.3) is 10.9 Å². The van der Waals surface area contributed by atoms with E-state index in [1.807, 2.05) is 12.1 Å². The second kappa shape index (κ2) is 5.41. The Hall–Kier alpha value is -2.01. The van der Waals surface area contributed by atoms with Crippen LogP contribution in [0.2, 0.25) is 5.02 Å². The normalized spacial score (nSPS) is 15.9. The molecule has 110 valence electrons. The summed E-state index contributed by atoms with van der Waals surface area (Å²) in [6, 6.07) is 6.59. The number of aromatic nitrogens is 1. The molecule has 1 fully saturated rings. The van der Waals surface area contributed by atoms with E-state index in [-0.39, 0.29) is 18.4 Å². The number of fused-ring (bicyclic) bond motifs is 1. The van der Waals surface area contributed by atoms with E-state index in [0.29, 0.717) is 5.02 Å². The zero-order valence-electron chi connectivity index (χ0n) is 11.3. The molecule has 1 aliphatic carbocycles. The number of amides is 1. The smallest absolute Gasteiger partial charge is 0.326 e. The molecule has 1 unspecified atom stereocenters. The Morgan fingerprint density at radius 3 is 2.81 bits per heavy atom. The van der Waals surface area contributed by atoms with Crippen LogP contribution in [0.4, 0.5) is 0 Å². The standard InChI is InChI=1S/C15H15ClN2O3/c16-11-4-3-9-5-6-18(12(9)7-11)8-13(19)17-14(15(20)21)10-1-2-10/h3-7,10,14H,1-2,8H2,(H,17,19)(H,20,21). The summed E-state index contributed by atoms with van der Waals surface area (Å²) in [6.45, 7) is 0.0837. The van der Waals surface area contributed by atoms with Crippen molar-refractivity contribution in [2.45, 2.75) is 25.4 Å². The average Bonchev–Trinajstić information content (AvgIpc) is 3.20. The summed E-state index contributed by atoms with van der Waals surface area (Å²) in [5.41, 5.74) is 0.857. The summed E-state index contributed by atoms with van der Waals surface area (Å²) in [7, 11) is 0. The van der Waals surface area contributed by atoms with Gasteiger partial charge in [0.05, 0.1) is 0 Å². The van der Waals surface area contributed by atoms with Crippen molar-refractivity contribution in [1.82, 2.24) is 9.88 Å². The summed E-state index contributed by atoms with van der Waals surface area (Å²) in [4.78, 5) is 23.2. The van der Waals surface area contributed by atoms with E-state index in [1.165, 1.54) is 0 Å². The first kappa shape index (κ1) is 13.9. The molecule has 2 N–H and O–H groups in total. The minimum Gasteiger partial charge on any atom is -0.480 e. The second-order valence-electron chi connectivity index (χ2n) is 5.37. The fourth-order valence-electron chi connectivity index (χ4n) is 2.48. The number of carboxylic acid groups (broad SMARTS) is 1. The van der Waals surface area contributed by atoms with Gasteiger partial charge < -0.3 is 15.0 Å². The first-order valence-corrected chi connectivity index (χ1v) is 7.19. The van der Waals surface area contributed by atoms with Crippen LogP contribution in [-0.2, 0) is 16.1 Å². The van der Waals surface area contributed by atoms with Gasteiger partial charge in [-0.25, -0.2) is 4.79 Å². The molecule has 0 spiro atoms. The number of halogens is 1. The molecule has 1 atom stereocenters. The van der Waals surface area contributed by atoms with Gasteiger partial charge in [0.2, 0.25) is 5.91 Å². The summed E-state index contributed by atoms with van der Waals surface area (Å²) < 4.78 is 1.77. The maximum Gasteiger partial charge on any atom is 0.326 e.